The summed E-state index contributed by atoms with van der Waals surface area (Å²) in [6.07, 6.45) is 3.53. The molecule has 0 saturated carbocycles. The van der Waals surface area contributed by atoms with Crippen molar-refractivity contribution >= 4 is 44.3 Å². The number of nitrogens with one attached hydrogen (secondary N) is 1. The largest absolute Gasteiger partial charge is 0.468 e. The summed E-state index contributed by atoms with van der Waals surface area (Å²) in [5.74, 6) is 1.72. The number of likely N-dealkylation sites (tertiary alicyclic amines) is 1. The number of benzene rings is 2. The molecule has 33 heavy (non-hydrogen) atoms. The van der Waals surface area contributed by atoms with Crippen molar-refractivity contribution in [2.75, 3.05) is 45.5 Å². The maximum Gasteiger partial charge on any atom is 0.319 e. The Morgan fingerprint density at radius 2 is 2.03 bits per heavy atom. The quantitative estimate of drug-likeness (QED) is 0.256. The summed E-state index contributed by atoms with van der Waals surface area (Å²) in [5.41, 5.74) is 1.73. The van der Waals surface area contributed by atoms with Gasteiger partial charge in [0.2, 0.25) is 0 Å². The predicted octanol–water partition coefficient (Wildman–Crippen LogP) is 4.37. The first-order valence-corrected chi connectivity index (χ1v) is 11.7. The molecule has 1 fully saturated rings. The topological polar surface area (TPSA) is 85.8 Å². The van der Waals surface area contributed by atoms with E-state index in [-0.39, 0.29) is 12.8 Å². The number of rotatable bonds is 9. The predicted molar refractivity (Wildman–Crippen MR) is 130 cm³/mol. The number of carbonyl (C=O) groups is 1. The van der Waals surface area contributed by atoms with Gasteiger partial charge in [0.15, 0.2) is 6.79 Å². The van der Waals surface area contributed by atoms with Crippen LogP contribution in [0.15, 0.2) is 53.3 Å². The van der Waals surface area contributed by atoms with Crippen LogP contribution in [0.5, 0.6) is 5.75 Å². The normalized spacial score (nSPS) is 14.8. The second-order valence-electron chi connectivity index (χ2n) is 7.97. The molecule has 0 atom stereocenters. The molecule has 0 aliphatic carbocycles. The zero-order valence-electron chi connectivity index (χ0n) is 18.5. The Bertz CT molecular complexity index is 1090. The second-order valence-corrected chi connectivity index (χ2v) is 8.88. The van der Waals surface area contributed by atoms with Crippen LogP contribution >= 0.6 is 15.9 Å². The minimum absolute atomic E-state index is 0.183. The van der Waals surface area contributed by atoms with Crippen LogP contribution < -0.4 is 10.1 Å². The van der Waals surface area contributed by atoms with Crippen LogP contribution in [0.4, 0.5) is 11.5 Å². The molecular formula is C24H27BrN4O4. The molecule has 0 unspecified atom stereocenters. The van der Waals surface area contributed by atoms with Gasteiger partial charge in [0, 0.05) is 21.6 Å². The summed E-state index contributed by atoms with van der Waals surface area (Å²) < 4.78 is 17.3. The van der Waals surface area contributed by atoms with E-state index in [1.807, 2.05) is 42.5 Å². The van der Waals surface area contributed by atoms with E-state index in [4.69, 9.17) is 14.2 Å². The molecule has 3 aromatic rings. The van der Waals surface area contributed by atoms with E-state index in [1.54, 1.807) is 0 Å². The minimum Gasteiger partial charge on any atom is -0.468 e. The van der Waals surface area contributed by atoms with Crippen molar-refractivity contribution in [2.45, 2.75) is 12.8 Å². The van der Waals surface area contributed by atoms with Gasteiger partial charge >= 0.3 is 5.97 Å². The van der Waals surface area contributed by atoms with Crippen molar-refractivity contribution in [3.05, 3.63) is 53.3 Å². The number of anilines is 2. The number of halogens is 1. The first-order valence-electron chi connectivity index (χ1n) is 10.9. The molecule has 1 saturated heterocycles. The van der Waals surface area contributed by atoms with E-state index >= 15 is 0 Å². The molecule has 1 aliphatic rings. The number of hydrogen-bond donors (Lipinski definition) is 1. The van der Waals surface area contributed by atoms with E-state index in [0.29, 0.717) is 24.8 Å². The number of ether oxygens (including phenoxy) is 3. The molecule has 1 aromatic heterocycles. The van der Waals surface area contributed by atoms with E-state index in [9.17, 15) is 4.79 Å². The third kappa shape index (κ3) is 6.63. The van der Waals surface area contributed by atoms with E-state index in [1.165, 1.54) is 13.4 Å². The average molecular weight is 515 g/mol. The lowest BCUT2D eigenvalue weighted by Crippen LogP contribution is -2.38. The fourth-order valence-electron chi connectivity index (χ4n) is 3.81. The van der Waals surface area contributed by atoms with Crippen molar-refractivity contribution in [1.29, 1.82) is 0 Å². The number of nitrogens with zero attached hydrogens (tertiary/aromatic N) is 3. The molecule has 1 N–H and O–H groups in total. The van der Waals surface area contributed by atoms with Crippen molar-refractivity contribution in [3.8, 4) is 5.75 Å². The van der Waals surface area contributed by atoms with Gasteiger partial charge in [0.05, 0.1) is 25.8 Å². The highest BCUT2D eigenvalue weighted by Crippen LogP contribution is 2.27. The third-order valence-electron chi connectivity index (χ3n) is 5.65. The number of piperidine rings is 1. The summed E-state index contributed by atoms with van der Waals surface area (Å²) in [4.78, 5) is 22.3. The lowest BCUT2D eigenvalue weighted by Gasteiger charge is -2.30. The monoisotopic (exact) mass is 514 g/mol. The summed E-state index contributed by atoms with van der Waals surface area (Å²) in [6.45, 7) is 2.94. The third-order valence-corrected chi connectivity index (χ3v) is 6.14. The molecule has 0 bridgehead atoms. The first kappa shape index (κ1) is 23.4. The van der Waals surface area contributed by atoms with Gasteiger partial charge in [-0.15, -0.1) is 0 Å². The van der Waals surface area contributed by atoms with Crippen LogP contribution in [0.3, 0.4) is 0 Å². The van der Waals surface area contributed by atoms with Crippen LogP contribution in [0.1, 0.15) is 12.8 Å². The van der Waals surface area contributed by atoms with E-state index in [0.717, 1.165) is 52.8 Å². The Kier molecular flexibility index (Phi) is 8.09. The molecular weight excluding hydrogens is 488 g/mol. The Balaban J connectivity index is 1.26. The highest BCUT2D eigenvalue weighted by molar-refractivity contribution is 9.10. The lowest BCUT2D eigenvalue weighted by molar-refractivity contribution is -0.142. The summed E-state index contributed by atoms with van der Waals surface area (Å²) in [7, 11) is 1.42. The van der Waals surface area contributed by atoms with Gasteiger partial charge in [-0.3, -0.25) is 9.69 Å². The number of esters is 1. The molecule has 2 heterocycles. The first-order chi connectivity index (χ1) is 16.1. The van der Waals surface area contributed by atoms with Crippen molar-refractivity contribution in [3.63, 3.8) is 0 Å². The highest BCUT2D eigenvalue weighted by Gasteiger charge is 2.21. The Labute approximate surface area is 201 Å². The van der Waals surface area contributed by atoms with E-state index in [2.05, 4.69) is 36.1 Å². The Morgan fingerprint density at radius 1 is 1.18 bits per heavy atom. The van der Waals surface area contributed by atoms with Gasteiger partial charge in [-0.2, -0.15) is 0 Å². The molecule has 0 amide bonds. The average Bonchev–Trinajstić information content (AvgIpc) is 2.83. The molecule has 0 radical (unpaired) electrons. The number of aromatic nitrogens is 2. The molecule has 0 spiro atoms. The standard InChI is InChI=1S/C24H27BrN4O4/c1-31-23(30)13-29-9-7-17(8-10-29)14-32-16-33-20-5-6-21-22(12-20)26-15-27-24(21)28-19-4-2-3-18(25)11-19/h2-6,11-12,15,17H,7-10,13-14,16H2,1H3,(H,26,27,28). The van der Waals surface area contributed by atoms with E-state index < -0.39 is 0 Å². The maximum atomic E-state index is 11.4. The lowest BCUT2D eigenvalue weighted by atomic mass is 9.98. The number of carbonyl (C=O) groups excluding carboxylic acids is 1. The van der Waals surface area contributed by atoms with Crippen molar-refractivity contribution < 1.29 is 19.0 Å². The smallest absolute Gasteiger partial charge is 0.319 e. The highest BCUT2D eigenvalue weighted by atomic mass is 79.9. The SMILES string of the molecule is COC(=O)CN1CCC(COCOc2ccc3c(Nc4cccc(Br)c4)ncnc3c2)CC1. The summed E-state index contributed by atoms with van der Waals surface area (Å²) >= 11 is 3.48. The molecule has 1 aliphatic heterocycles. The summed E-state index contributed by atoms with van der Waals surface area (Å²) in [6, 6.07) is 13.6. The van der Waals surface area contributed by atoms with Crippen LogP contribution in [-0.2, 0) is 14.3 Å². The van der Waals surface area contributed by atoms with Crippen molar-refractivity contribution in [2.24, 2.45) is 5.92 Å². The zero-order valence-corrected chi connectivity index (χ0v) is 20.1. The van der Waals surface area contributed by atoms with Crippen molar-refractivity contribution in [1.82, 2.24) is 14.9 Å². The van der Waals surface area contributed by atoms with Crippen LogP contribution in [0, 0.1) is 5.92 Å². The number of fused-ring (bicyclic) bond motifs is 1. The Hall–Kier alpha value is -2.75. The molecule has 8 nitrogen and oxygen atoms in total. The fraction of sp³-hybridized carbons (Fsp3) is 0.375. The van der Waals surface area contributed by atoms with Crippen LogP contribution in [0.2, 0.25) is 0 Å². The molecule has 4 rings (SSSR count). The van der Waals surface area contributed by atoms with Gasteiger partial charge in [0.1, 0.15) is 17.9 Å². The van der Waals surface area contributed by atoms with Gasteiger partial charge < -0.3 is 19.5 Å². The zero-order chi connectivity index (χ0) is 23.0. The fourth-order valence-corrected chi connectivity index (χ4v) is 4.21. The van der Waals surface area contributed by atoms with Gasteiger partial charge in [0.25, 0.3) is 0 Å². The second kappa shape index (κ2) is 11.4. The maximum absolute atomic E-state index is 11.4. The van der Waals surface area contributed by atoms with Gasteiger partial charge in [-0.25, -0.2) is 9.97 Å². The van der Waals surface area contributed by atoms with Crippen LogP contribution in [-0.4, -0.2) is 61.0 Å². The summed E-state index contributed by atoms with van der Waals surface area (Å²) in [5, 5.41) is 4.24. The molecule has 9 heteroatoms. The molecule has 174 valence electrons. The Morgan fingerprint density at radius 3 is 2.82 bits per heavy atom. The van der Waals surface area contributed by atoms with Gasteiger partial charge in [-0.1, -0.05) is 22.0 Å². The number of hydrogen-bond acceptors (Lipinski definition) is 8. The number of methoxy groups -OCH3 is 1. The minimum atomic E-state index is -0.185. The molecule has 2 aromatic carbocycles. The van der Waals surface area contributed by atoms with Gasteiger partial charge in [-0.05, 0) is 62.2 Å². The van der Waals surface area contributed by atoms with Crippen LogP contribution in [0.25, 0.3) is 10.9 Å².